The lowest BCUT2D eigenvalue weighted by atomic mass is 9.98. The van der Waals surface area contributed by atoms with Gasteiger partial charge in [-0.25, -0.2) is 9.78 Å². The van der Waals surface area contributed by atoms with Crippen molar-refractivity contribution in [3.8, 4) is 0 Å². The number of aromatic nitrogens is 1. The number of likely N-dealkylation sites (tertiary alicyclic amines) is 1. The average Bonchev–Trinajstić information content (AvgIpc) is 3.49. The number of furan rings is 1. The Morgan fingerprint density at radius 3 is 2.71 bits per heavy atom. The Morgan fingerprint density at radius 1 is 1.32 bits per heavy atom. The van der Waals surface area contributed by atoms with Gasteiger partial charge in [0.05, 0.1) is 25.5 Å². The third-order valence-corrected chi connectivity index (χ3v) is 5.80. The summed E-state index contributed by atoms with van der Waals surface area (Å²) in [6.45, 7) is 2.31. The third kappa shape index (κ3) is 6.52. The number of thiazole rings is 1. The van der Waals surface area contributed by atoms with Crippen molar-refractivity contribution >= 4 is 23.2 Å². The number of nitrogens with one attached hydrogen (secondary N) is 1. The van der Waals surface area contributed by atoms with Crippen molar-refractivity contribution in [3.63, 3.8) is 0 Å². The molecule has 0 spiro atoms. The fourth-order valence-corrected chi connectivity index (χ4v) is 4.25. The summed E-state index contributed by atoms with van der Waals surface area (Å²) in [6, 6.07) is 4.08. The van der Waals surface area contributed by atoms with Gasteiger partial charge in [-0.15, -0.1) is 11.3 Å². The van der Waals surface area contributed by atoms with Crippen LogP contribution in [-0.4, -0.2) is 57.8 Å². The fourth-order valence-electron chi connectivity index (χ4n) is 3.61. The number of nitrogens with zero attached hydrogens (tertiary/aromatic N) is 2. The van der Waals surface area contributed by atoms with E-state index in [1.54, 1.807) is 17.6 Å². The van der Waals surface area contributed by atoms with Crippen molar-refractivity contribution in [2.45, 2.75) is 56.8 Å². The Balaban J connectivity index is 0.000000339. The molecule has 2 saturated heterocycles. The number of carboxylic acid groups (broad SMARTS) is 1. The van der Waals surface area contributed by atoms with E-state index in [0.717, 1.165) is 43.1 Å². The lowest BCUT2D eigenvalue weighted by Crippen LogP contribution is -2.47. The van der Waals surface area contributed by atoms with Gasteiger partial charge in [0, 0.05) is 24.2 Å². The quantitative estimate of drug-likeness (QED) is 0.706. The first-order valence-corrected chi connectivity index (χ1v) is 10.5. The highest BCUT2D eigenvalue weighted by Crippen LogP contribution is 2.32. The molecule has 2 aromatic heterocycles. The molecule has 0 radical (unpaired) electrons. The number of carbonyl (C=O) groups is 2. The van der Waals surface area contributed by atoms with E-state index in [1.807, 2.05) is 23.7 Å². The molecule has 1 amide bonds. The molecule has 2 aliphatic rings. The van der Waals surface area contributed by atoms with E-state index in [2.05, 4.69) is 15.2 Å². The predicted molar refractivity (Wildman–Crippen MR) is 103 cm³/mol. The van der Waals surface area contributed by atoms with Crippen molar-refractivity contribution in [3.05, 3.63) is 40.7 Å². The Kier molecular flexibility index (Phi) is 7.68. The largest absolute Gasteiger partial charge is 0.490 e. The van der Waals surface area contributed by atoms with Crippen LogP contribution in [-0.2, 0) is 27.4 Å². The molecule has 2 N–H and O–H groups in total. The predicted octanol–water partition coefficient (Wildman–Crippen LogP) is 2.81. The highest BCUT2D eigenvalue weighted by Gasteiger charge is 2.41. The SMILES string of the molecule is O=C(NCc1ccco1)[C@@H]1CC[C@@H]2[C@@H](CCN2Cc2nccs2)O1.O=C(O)C(F)(F)F. The van der Waals surface area contributed by atoms with Gasteiger partial charge in [-0.3, -0.25) is 9.69 Å². The number of hydrogen-bond donors (Lipinski definition) is 2. The third-order valence-electron chi connectivity index (χ3n) is 5.04. The van der Waals surface area contributed by atoms with Crippen molar-refractivity contribution in [2.24, 2.45) is 0 Å². The first-order valence-electron chi connectivity index (χ1n) is 9.62. The highest BCUT2D eigenvalue weighted by atomic mass is 32.1. The van der Waals surface area contributed by atoms with Crippen LogP contribution < -0.4 is 5.32 Å². The fraction of sp³-hybridized carbons (Fsp3) is 0.526. The molecular formula is C19H22F3N3O5S. The number of fused-ring (bicyclic) bond motifs is 1. The van der Waals surface area contributed by atoms with Crippen LogP contribution in [0.15, 0.2) is 34.4 Å². The monoisotopic (exact) mass is 461 g/mol. The number of carbonyl (C=O) groups excluding carboxylic acids is 1. The zero-order valence-corrected chi connectivity index (χ0v) is 17.2. The van der Waals surface area contributed by atoms with E-state index >= 15 is 0 Å². The number of hydrogen-bond acceptors (Lipinski definition) is 7. The van der Waals surface area contributed by atoms with Gasteiger partial charge in [0.15, 0.2) is 0 Å². The molecule has 2 aliphatic heterocycles. The minimum atomic E-state index is -5.08. The Hall–Kier alpha value is -2.44. The van der Waals surface area contributed by atoms with Crippen molar-refractivity contribution < 1.29 is 37.0 Å². The summed E-state index contributed by atoms with van der Waals surface area (Å²) in [7, 11) is 0. The van der Waals surface area contributed by atoms with Crippen molar-refractivity contribution in [1.29, 1.82) is 0 Å². The minimum Gasteiger partial charge on any atom is -0.475 e. The zero-order chi connectivity index (χ0) is 22.4. The Labute approximate surface area is 180 Å². The van der Waals surface area contributed by atoms with Crippen LogP contribution in [0.3, 0.4) is 0 Å². The summed E-state index contributed by atoms with van der Waals surface area (Å²) in [5, 5.41) is 13.2. The van der Waals surface area contributed by atoms with E-state index in [1.165, 1.54) is 0 Å². The van der Waals surface area contributed by atoms with Gasteiger partial charge in [0.2, 0.25) is 5.91 Å². The molecule has 0 aliphatic carbocycles. The van der Waals surface area contributed by atoms with E-state index in [0.29, 0.717) is 12.6 Å². The molecule has 12 heteroatoms. The van der Waals surface area contributed by atoms with Crippen LogP contribution in [0.2, 0.25) is 0 Å². The van der Waals surface area contributed by atoms with Gasteiger partial charge in [-0.05, 0) is 31.4 Å². The average molecular weight is 461 g/mol. The molecule has 0 saturated carbocycles. The van der Waals surface area contributed by atoms with E-state index < -0.39 is 12.1 Å². The van der Waals surface area contributed by atoms with Crippen molar-refractivity contribution in [1.82, 2.24) is 15.2 Å². The maximum Gasteiger partial charge on any atom is 0.490 e. The Morgan fingerprint density at radius 2 is 2.10 bits per heavy atom. The van der Waals surface area contributed by atoms with Gasteiger partial charge >= 0.3 is 12.1 Å². The first-order chi connectivity index (χ1) is 14.7. The van der Waals surface area contributed by atoms with Gasteiger partial charge in [0.1, 0.15) is 16.9 Å². The molecule has 8 nitrogen and oxygen atoms in total. The number of amides is 1. The van der Waals surface area contributed by atoms with Crippen LogP contribution >= 0.6 is 11.3 Å². The molecular weight excluding hydrogens is 439 g/mol. The number of ether oxygens (including phenoxy) is 1. The lowest BCUT2D eigenvalue weighted by molar-refractivity contribution is -0.192. The standard InChI is InChI=1S/C17H21N3O3S.C2HF3O2/c21-17(19-10-12-2-1-8-22-12)15-4-3-13-14(23-15)5-7-20(13)11-16-18-6-9-24-16;3-2(4,5)1(6)7/h1-2,6,8-9,13-15H,3-5,7,10-11H2,(H,19,21);(H,6,7)/t13-,14-,15+;/m1./s1. The van der Waals surface area contributed by atoms with Crippen LogP contribution in [0, 0.1) is 0 Å². The second kappa shape index (κ2) is 10.2. The molecule has 2 fully saturated rings. The van der Waals surface area contributed by atoms with Gasteiger partial charge in [0.25, 0.3) is 0 Å². The maximum atomic E-state index is 12.3. The maximum absolute atomic E-state index is 12.3. The second-order valence-corrected chi connectivity index (χ2v) is 8.07. The molecule has 4 heterocycles. The summed E-state index contributed by atoms with van der Waals surface area (Å²) >= 11 is 1.69. The summed E-state index contributed by atoms with van der Waals surface area (Å²) in [6.07, 6.45) is 0.925. The summed E-state index contributed by atoms with van der Waals surface area (Å²) in [5.41, 5.74) is 0. The molecule has 31 heavy (non-hydrogen) atoms. The number of halogens is 3. The van der Waals surface area contributed by atoms with Gasteiger partial charge < -0.3 is 19.6 Å². The van der Waals surface area contributed by atoms with Crippen LogP contribution in [0.5, 0.6) is 0 Å². The molecule has 0 aromatic carbocycles. The topological polar surface area (TPSA) is 105 Å². The van der Waals surface area contributed by atoms with E-state index in [-0.39, 0.29) is 18.1 Å². The van der Waals surface area contributed by atoms with Gasteiger partial charge in [-0.2, -0.15) is 13.2 Å². The number of rotatable bonds is 5. The minimum absolute atomic E-state index is 0.0387. The smallest absolute Gasteiger partial charge is 0.475 e. The molecule has 4 rings (SSSR count). The second-order valence-electron chi connectivity index (χ2n) is 7.09. The molecule has 0 unspecified atom stereocenters. The van der Waals surface area contributed by atoms with Crippen LogP contribution in [0.4, 0.5) is 13.2 Å². The molecule has 170 valence electrons. The van der Waals surface area contributed by atoms with Crippen LogP contribution in [0.25, 0.3) is 0 Å². The number of aliphatic carboxylic acids is 1. The summed E-state index contributed by atoms with van der Waals surface area (Å²) in [5.74, 6) is -2.04. The lowest BCUT2D eigenvalue weighted by Gasteiger charge is -2.35. The molecule has 2 aromatic rings. The molecule has 3 atom stereocenters. The molecule has 0 bridgehead atoms. The van der Waals surface area contributed by atoms with Crippen molar-refractivity contribution in [2.75, 3.05) is 6.54 Å². The first kappa shape index (κ1) is 23.2. The summed E-state index contributed by atoms with van der Waals surface area (Å²) in [4.78, 5) is 28.0. The number of carboxylic acids is 1. The van der Waals surface area contributed by atoms with E-state index in [4.69, 9.17) is 19.1 Å². The Bertz CT molecular complexity index is 845. The zero-order valence-electron chi connectivity index (χ0n) is 16.4. The normalized spacial score (nSPS) is 23.5. The van der Waals surface area contributed by atoms with Crippen LogP contribution in [0.1, 0.15) is 30.0 Å². The highest BCUT2D eigenvalue weighted by molar-refractivity contribution is 7.09. The summed E-state index contributed by atoms with van der Waals surface area (Å²) < 4.78 is 43.1. The van der Waals surface area contributed by atoms with E-state index in [9.17, 15) is 18.0 Å². The number of alkyl halides is 3. The van der Waals surface area contributed by atoms with Gasteiger partial charge in [-0.1, -0.05) is 0 Å².